The van der Waals surface area contributed by atoms with E-state index in [-0.39, 0.29) is 51.8 Å². The van der Waals surface area contributed by atoms with Crippen LogP contribution in [0.1, 0.15) is 15.2 Å². The summed E-state index contributed by atoms with van der Waals surface area (Å²) in [7, 11) is 2.66. The number of ether oxygens (including phenoxy) is 4. The molecule has 0 spiro atoms. The zero-order chi connectivity index (χ0) is 27.6. The van der Waals surface area contributed by atoms with Crippen LogP contribution in [0.25, 0.3) is 16.6 Å². The number of carboxylic acid groups (broad SMARTS) is 1. The number of nitrogens with one attached hydrogen (secondary N) is 1. The summed E-state index contributed by atoms with van der Waals surface area (Å²) in [6, 6.07) is 3.85. The molecule has 0 saturated carbocycles. The summed E-state index contributed by atoms with van der Waals surface area (Å²) in [5, 5.41) is 10.4. The second kappa shape index (κ2) is 11.0. The van der Waals surface area contributed by atoms with Crippen molar-refractivity contribution >= 4 is 28.2 Å². The van der Waals surface area contributed by atoms with E-state index in [0.717, 1.165) is 29.5 Å². The summed E-state index contributed by atoms with van der Waals surface area (Å²) in [5.41, 5.74) is -3.04. The molecule has 14 heteroatoms. The van der Waals surface area contributed by atoms with Gasteiger partial charge in [-0.3, -0.25) is 4.79 Å². The first kappa shape index (κ1) is 26.8. The lowest BCUT2D eigenvalue weighted by Gasteiger charge is -2.17. The summed E-state index contributed by atoms with van der Waals surface area (Å²) < 4.78 is 65.0. The van der Waals surface area contributed by atoms with Crippen LogP contribution < -0.4 is 25.5 Å². The molecule has 2 aromatic carbocycles. The highest BCUT2D eigenvalue weighted by molar-refractivity contribution is 7.13. The van der Waals surface area contributed by atoms with E-state index in [1.165, 1.54) is 25.7 Å². The van der Waals surface area contributed by atoms with Crippen molar-refractivity contribution in [2.75, 3.05) is 27.4 Å². The third kappa shape index (κ3) is 4.95. The minimum absolute atomic E-state index is 0.0233. The molecule has 10 nitrogen and oxygen atoms in total. The fraction of sp³-hybridized carbons (Fsp3) is 0.208. The van der Waals surface area contributed by atoms with Gasteiger partial charge >= 0.3 is 11.7 Å². The Bertz CT molecular complexity index is 1650. The summed E-state index contributed by atoms with van der Waals surface area (Å²) in [5.74, 6) is -5.33. The van der Waals surface area contributed by atoms with E-state index in [9.17, 15) is 28.3 Å². The van der Waals surface area contributed by atoms with Gasteiger partial charge in [-0.25, -0.2) is 27.3 Å². The number of hydrogen-bond donors (Lipinski definition) is 2. The van der Waals surface area contributed by atoms with Gasteiger partial charge in [0, 0.05) is 24.6 Å². The number of carbonyl (C=O) groups is 1. The number of rotatable bonds is 10. The Morgan fingerprint density at radius 1 is 1.03 bits per heavy atom. The highest BCUT2D eigenvalue weighted by Gasteiger charge is 2.23. The molecule has 0 radical (unpaired) electrons. The SMILES string of the molecule is COCCOc1cc(F)c(-n2c(=O)[nH]c3csc(C(=O)O)c3c2=O)cc1OCc1c(OC)ccc(F)c1F. The van der Waals surface area contributed by atoms with E-state index in [4.69, 9.17) is 18.9 Å². The Labute approximate surface area is 215 Å². The number of fused-ring (bicyclic) bond motifs is 1. The van der Waals surface area contributed by atoms with Crippen LogP contribution in [0, 0.1) is 17.5 Å². The molecule has 4 aromatic rings. The van der Waals surface area contributed by atoms with Gasteiger partial charge in [-0.1, -0.05) is 0 Å². The van der Waals surface area contributed by atoms with E-state index in [1.54, 1.807) is 0 Å². The zero-order valence-corrected chi connectivity index (χ0v) is 20.6. The minimum Gasteiger partial charge on any atom is -0.496 e. The molecule has 2 N–H and O–H groups in total. The van der Waals surface area contributed by atoms with Crippen molar-refractivity contribution < 1.29 is 42.0 Å². The average Bonchev–Trinajstić information content (AvgIpc) is 3.31. The molecule has 2 heterocycles. The Kier molecular flexibility index (Phi) is 7.73. The van der Waals surface area contributed by atoms with Crippen LogP contribution in [0.15, 0.2) is 39.2 Å². The van der Waals surface area contributed by atoms with Gasteiger partial charge < -0.3 is 29.0 Å². The van der Waals surface area contributed by atoms with Crippen LogP contribution in [-0.2, 0) is 11.3 Å². The molecule has 0 bridgehead atoms. The normalized spacial score (nSPS) is 11.1. The number of aromatic carboxylic acids is 1. The molecule has 0 unspecified atom stereocenters. The van der Waals surface area contributed by atoms with Gasteiger partial charge in [-0.05, 0) is 12.1 Å². The third-order valence-electron chi connectivity index (χ3n) is 5.39. The molecule has 0 aliphatic carbocycles. The number of carboxylic acids is 1. The van der Waals surface area contributed by atoms with E-state index in [0.29, 0.717) is 4.57 Å². The van der Waals surface area contributed by atoms with Crippen molar-refractivity contribution in [2.45, 2.75) is 6.61 Å². The maximum atomic E-state index is 15.2. The Hall–Kier alpha value is -4.30. The molecule has 4 rings (SSSR count). The van der Waals surface area contributed by atoms with Gasteiger partial charge in [0.1, 0.15) is 23.8 Å². The fourth-order valence-electron chi connectivity index (χ4n) is 3.62. The lowest BCUT2D eigenvalue weighted by molar-refractivity contribution is 0.0704. The number of methoxy groups -OCH3 is 2. The molecule has 0 fully saturated rings. The van der Waals surface area contributed by atoms with Crippen molar-refractivity contribution in [3.05, 3.63) is 78.4 Å². The van der Waals surface area contributed by atoms with E-state index in [2.05, 4.69) is 4.98 Å². The van der Waals surface area contributed by atoms with E-state index in [1.807, 2.05) is 0 Å². The van der Waals surface area contributed by atoms with Crippen molar-refractivity contribution in [1.82, 2.24) is 9.55 Å². The zero-order valence-electron chi connectivity index (χ0n) is 19.8. The number of H-pyrrole nitrogens is 1. The van der Waals surface area contributed by atoms with Gasteiger partial charge in [-0.2, -0.15) is 0 Å². The van der Waals surface area contributed by atoms with E-state index >= 15 is 4.39 Å². The summed E-state index contributed by atoms with van der Waals surface area (Å²) in [4.78, 5) is 39.5. The number of nitrogens with zero attached hydrogens (tertiary/aromatic N) is 1. The maximum absolute atomic E-state index is 15.2. The first-order valence-corrected chi connectivity index (χ1v) is 11.6. The lowest BCUT2D eigenvalue weighted by Crippen LogP contribution is -2.34. The predicted molar refractivity (Wildman–Crippen MR) is 130 cm³/mol. The van der Waals surface area contributed by atoms with Crippen LogP contribution in [0.4, 0.5) is 13.2 Å². The van der Waals surface area contributed by atoms with Gasteiger partial charge in [0.25, 0.3) is 5.56 Å². The van der Waals surface area contributed by atoms with Crippen LogP contribution >= 0.6 is 11.3 Å². The monoisotopic (exact) mass is 552 g/mol. The van der Waals surface area contributed by atoms with E-state index < -0.39 is 47.0 Å². The smallest absolute Gasteiger partial charge is 0.346 e. The Morgan fingerprint density at radius 2 is 1.76 bits per heavy atom. The minimum atomic E-state index is -1.40. The van der Waals surface area contributed by atoms with Crippen LogP contribution in [0.3, 0.4) is 0 Å². The summed E-state index contributed by atoms with van der Waals surface area (Å²) >= 11 is 0.719. The Morgan fingerprint density at radius 3 is 2.45 bits per heavy atom. The molecule has 0 atom stereocenters. The Balaban J connectivity index is 1.85. The first-order chi connectivity index (χ1) is 18.2. The quantitative estimate of drug-likeness (QED) is 0.286. The van der Waals surface area contributed by atoms with Gasteiger partial charge in [0.15, 0.2) is 29.0 Å². The van der Waals surface area contributed by atoms with Crippen LogP contribution in [0.5, 0.6) is 17.2 Å². The van der Waals surface area contributed by atoms with Gasteiger partial charge in [0.05, 0.1) is 35.9 Å². The van der Waals surface area contributed by atoms with Gasteiger partial charge in [-0.15, -0.1) is 11.3 Å². The molecule has 0 saturated heterocycles. The number of aromatic amines is 1. The predicted octanol–water partition coefficient (Wildman–Crippen LogP) is 3.47. The molecule has 200 valence electrons. The van der Waals surface area contributed by atoms with Crippen molar-refractivity contribution in [2.24, 2.45) is 0 Å². The van der Waals surface area contributed by atoms with Crippen molar-refractivity contribution in [1.29, 1.82) is 0 Å². The molecular formula is C24H19F3N2O8S. The average molecular weight is 552 g/mol. The number of halogens is 3. The second-order valence-electron chi connectivity index (χ2n) is 7.65. The second-order valence-corrected chi connectivity index (χ2v) is 8.53. The first-order valence-electron chi connectivity index (χ1n) is 10.8. The van der Waals surface area contributed by atoms with Crippen LogP contribution in [0.2, 0.25) is 0 Å². The topological polar surface area (TPSA) is 129 Å². The lowest BCUT2D eigenvalue weighted by atomic mass is 10.2. The fourth-order valence-corrected chi connectivity index (χ4v) is 4.45. The van der Waals surface area contributed by atoms with Gasteiger partial charge in [0.2, 0.25) is 0 Å². The highest BCUT2D eigenvalue weighted by Crippen LogP contribution is 2.34. The van der Waals surface area contributed by atoms with Crippen molar-refractivity contribution in [3.63, 3.8) is 0 Å². The number of thiophene rings is 1. The molecule has 0 amide bonds. The summed E-state index contributed by atoms with van der Waals surface area (Å²) in [6.45, 7) is -0.538. The van der Waals surface area contributed by atoms with Crippen LogP contribution in [-0.4, -0.2) is 48.1 Å². The molecule has 2 aromatic heterocycles. The maximum Gasteiger partial charge on any atom is 0.346 e. The number of hydrogen-bond acceptors (Lipinski definition) is 8. The third-order valence-corrected chi connectivity index (χ3v) is 6.36. The molecular weight excluding hydrogens is 533 g/mol. The number of benzene rings is 2. The standard InChI is InChI=1S/C24H19F3N2O8S/c1-34-5-6-36-17-7-13(26)15(8-18(17)37-9-11-16(35-2)4-3-12(25)20(11)27)29-22(30)19-14(28-24(29)33)10-38-21(19)23(31)32/h3-4,7-8,10H,5-6,9H2,1-2H3,(H,28,33)(H,31,32). The number of aromatic nitrogens is 2. The largest absolute Gasteiger partial charge is 0.496 e. The molecule has 0 aliphatic heterocycles. The molecule has 38 heavy (non-hydrogen) atoms. The highest BCUT2D eigenvalue weighted by atomic mass is 32.1. The molecule has 0 aliphatic rings. The summed E-state index contributed by atoms with van der Waals surface area (Å²) in [6.07, 6.45) is 0. The van der Waals surface area contributed by atoms with Crippen molar-refractivity contribution in [3.8, 4) is 22.9 Å².